The molecule has 35 heavy (non-hydrogen) atoms. The first-order chi connectivity index (χ1) is 17.1. The van der Waals surface area contributed by atoms with Crippen LogP contribution in [0.5, 0.6) is 11.5 Å². The molecule has 1 N–H and O–H groups in total. The summed E-state index contributed by atoms with van der Waals surface area (Å²) in [5.41, 5.74) is 5.87. The predicted molar refractivity (Wildman–Crippen MR) is 136 cm³/mol. The van der Waals surface area contributed by atoms with Crippen LogP contribution in [0.1, 0.15) is 22.8 Å². The predicted octanol–water partition coefficient (Wildman–Crippen LogP) is 5.49. The Bertz CT molecular complexity index is 1290. The Morgan fingerprint density at radius 3 is 1.97 bits per heavy atom. The number of nitrogens with one attached hydrogen (secondary N) is 1. The summed E-state index contributed by atoms with van der Waals surface area (Å²) in [7, 11) is 0. The molecule has 4 rings (SSSR count). The number of carbonyl (C=O) groups is 2. The van der Waals surface area contributed by atoms with Gasteiger partial charge in [0.15, 0.2) is 6.10 Å². The average molecular weight is 465 g/mol. The van der Waals surface area contributed by atoms with Crippen molar-refractivity contribution in [2.75, 3.05) is 0 Å². The van der Waals surface area contributed by atoms with Crippen molar-refractivity contribution >= 4 is 18.1 Å². The molecule has 174 valence electrons. The highest BCUT2D eigenvalue weighted by molar-refractivity contribution is 5.91. The van der Waals surface area contributed by atoms with Gasteiger partial charge in [-0.25, -0.2) is 10.2 Å². The van der Waals surface area contributed by atoms with Crippen LogP contribution in [0.3, 0.4) is 0 Å². The number of nitrogens with zero attached hydrogens (tertiary/aromatic N) is 1. The van der Waals surface area contributed by atoms with Crippen molar-refractivity contribution in [3.8, 4) is 22.6 Å². The van der Waals surface area contributed by atoms with E-state index >= 15 is 0 Å². The van der Waals surface area contributed by atoms with Crippen molar-refractivity contribution in [2.24, 2.45) is 5.10 Å². The summed E-state index contributed by atoms with van der Waals surface area (Å²) >= 11 is 0. The minimum absolute atomic E-state index is 0.373. The molecule has 0 aromatic heterocycles. The summed E-state index contributed by atoms with van der Waals surface area (Å²) in [6, 6.07) is 33.2. The van der Waals surface area contributed by atoms with Gasteiger partial charge in [0.2, 0.25) is 0 Å². The summed E-state index contributed by atoms with van der Waals surface area (Å²) < 4.78 is 11.1. The third-order valence-electron chi connectivity index (χ3n) is 5.13. The fraction of sp³-hybridized carbons (Fsp3) is 0.0690. The van der Waals surface area contributed by atoms with Crippen molar-refractivity contribution < 1.29 is 19.1 Å². The Kier molecular flexibility index (Phi) is 7.66. The van der Waals surface area contributed by atoms with Crippen LogP contribution in [0.25, 0.3) is 11.1 Å². The van der Waals surface area contributed by atoms with Crippen LogP contribution in [-0.2, 0) is 4.79 Å². The number of carbonyl (C=O) groups excluding carboxylic acids is 2. The van der Waals surface area contributed by atoms with Crippen LogP contribution in [0.15, 0.2) is 114 Å². The lowest BCUT2D eigenvalue weighted by Gasteiger charge is -2.13. The van der Waals surface area contributed by atoms with E-state index in [9.17, 15) is 9.59 Å². The highest BCUT2D eigenvalue weighted by Crippen LogP contribution is 2.22. The van der Waals surface area contributed by atoms with E-state index in [2.05, 4.69) is 10.5 Å². The fourth-order valence-corrected chi connectivity index (χ4v) is 3.24. The van der Waals surface area contributed by atoms with E-state index in [1.54, 1.807) is 55.5 Å². The topological polar surface area (TPSA) is 77.0 Å². The lowest BCUT2D eigenvalue weighted by molar-refractivity contribution is -0.127. The normalized spacial score (nSPS) is 11.6. The van der Waals surface area contributed by atoms with E-state index in [0.717, 1.165) is 16.7 Å². The molecule has 0 radical (unpaired) electrons. The lowest BCUT2D eigenvalue weighted by Crippen LogP contribution is -2.33. The number of rotatable bonds is 8. The third kappa shape index (κ3) is 6.65. The van der Waals surface area contributed by atoms with Crippen molar-refractivity contribution in [1.82, 2.24) is 5.43 Å². The minimum Gasteiger partial charge on any atom is -0.481 e. The highest BCUT2D eigenvalue weighted by Gasteiger charge is 2.14. The zero-order valence-electron chi connectivity index (χ0n) is 19.1. The SMILES string of the molecule is CC(Oc1ccc(-c2ccccc2)cc1)C(=O)NN=Cc1ccc(OC(=O)c2ccccc2)cc1. The van der Waals surface area contributed by atoms with Crippen LogP contribution in [-0.4, -0.2) is 24.2 Å². The average Bonchev–Trinajstić information content (AvgIpc) is 2.91. The van der Waals surface area contributed by atoms with E-state index in [1.165, 1.54) is 6.21 Å². The van der Waals surface area contributed by atoms with Crippen LogP contribution >= 0.6 is 0 Å². The first-order valence-corrected chi connectivity index (χ1v) is 11.1. The van der Waals surface area contributed by atoms with Crippen LogP contribution in [0.2, 0.25) is 0 Å². The van der Waals surface area contributed by atoms with Gasteiger partial charge in [-0.1, -0.05) is 60.7 Å². The Balaban J connectivity index is 1.26. The molecule has 0 saturated heterocycles. The lowest BCUT2D eigenvalue weighted by atomic mass is 10.1. The Labute approximate surface area is 203 Å². The van der Waals surface area contributed by atoms with Gasteiger partial charge in [0.05, 0.1) is 11.8 Å². The molecular weight excluding hydrogens is 440 g/mol. The summed E-state index contributed by atoms with van der Waals surface area (Å²) in [5, 5.41) is 3.98. The molecule has 1 atom stereocenters. The smallest absolute Gasteiger partial charge is 0.343 e. The third-order valence-corrected chi connectivity index (χ3v) is 5.13. The molecular formula is C29H24N2O4. The molecule has 4 aromatic rings. The van der Waals surface area contributed by atoms with E-state index in [-0.39, 0.29) is 5.91 Å². The quantitative estimate of drug-likeness (QED) is 0.162. The molecule has 0 aliphatic rings. The van der Waals surface area contributed by atoms with Crippen LogP contribution < -0.4 is 14.9 Å². The van der Waals surface area contributed by atoms with Crippen LogP contribution in [0, 0.1) is 0 Å². The molecule has 0 fully saturated rings. The van der Waals surface area contributed by atoms with Gasteiger partial charge in [0.25, 0.3) is 5.91 Å². The maximum atomic E-state index is 12.3. The fourth-order valence-electron chi connectivity index (χ4n) is 3.24. The van der Waals surface area contributed by atoms with Crippen LogP contribution in [0.4, 0.5) is 0 Å². The number of esters is 1. The first kappa shape index (κ1) is 23.4. The number of benzene rings is 4. The van der Waals surface area contributed by atoms with E-state index in [0.29, 0.717) is 17.1 Å². The monoisotopic (exact) mass is 464 g/mol. The van der Waals surface area contributed by atoms with E-state index in [1.807, 2.05) is 60.7 Å². The Morgan fingerprint density at radius 1 is 0.743 bits per heavy atom. The van der Waals surface area contributed by atoms with Crippen molar-refractivity contribution in [2.45, 2.75) is 13.0 Å². The van der Waals surface area contributed by atoms with Gasteiger partial charge in [-0.05, 0) is 72.1 Å². The maximum Gasteiger partial charge on any atom is 0.343 e. The Morgan fingerprint density at radius 2 is 1.31 bits per heavy atom. The number of hydrogen-bond acceptors (Lipinski definition) is 5. The molecule has 1 amide bonds. The number of hydrogen-bond donors (Lipinski definition) is 1. The minimum atomic E-state index is -0.727. The molecule has 6 heteroatoms. The van der Waals surface area contributed by atoms with Gasteiger partial charge in [-0.3, -0.25) is 4.79 Å². The summed E-state index contributed by atoms with van der Waals surface area (Å²) in [6.45, 7) is 1.66. The summed E-state index contributed by atoms with van der Waals surface area (Å²) in [6.07, 6.45) is 0.775. The summed E-state index contributed by atoms with van der Waals surface area (Å²) in [4.78, 5) is 24.4. The molecule has 6 nitrogen and oxygen atoms in total. The second-order valence-electron chi connectivity index (χ2n) is 7.71. The second kappa shape index (κ2) is 11.4. The molecule has 0 aliphatic heterocycles. The summed E-state index contributed by atoms with van der Waals surface area (Å²) in [5.74, 6) is 0.210. The van der Waals surface area contributed by atoms with Gasteiger partial charge in [0, 0.05) is 0 Å². The van der Waals surface area contributed by atoms with Gasteiger partial charge in [0.1, 0.15) is 11.5 Å². The molecule has 0 saturated carbocycles. The molecule has 0 bridgehead atoms. The molecule has 0 spiro atoms. The zero-order chi connectivity index (χ0) is 24.5. The molecule has 1 unspecified atom stereocenters. The largest absolute Gasteiger partial charge is 0.481 e. The zero-order valence-corrected chi connectivity index (χ0v) is 19.1. The first-order valence-electron chi connectivity index (χ1n) is 11.1. The van der Waals surface area contributed by atoms with Crippen molar-refractivity contribution in [3.05, 3.63) is 120 Å². The highest BCUT2D eigenvalue weighted by atomic mass is 16.5. The number of hydrazone groups is 1. The second-order valence-corrected chi connectivity index (χ2v) is 7.71. The Hall–Kier alpha value is -4.71. The standard InChI is InChI=1S/C29H24N2O4/c1-21(34-26-18-14-24(15-19-26)23-8-4-2-5-9-23)28(32)31-30-20-22-12-16-27(17-13-22)35-29(33)25-10-6-3-7-11-25/h2-21H,1H3,(H,31,32). The van der Waals surface area contributed by atoms with Crippen molar-refractivity contribution in [1.29, 1.82) is 0 Å². The maximum absolute atomic E-state index is 12.3. The van der Waals surface area contributed by atoms with Gasteiger partial charge < -0.3 is 9.47 Å². The van der Waals surface area contributed by atoms with Gasteiger partial charge in [-0.15, -0.1) is 0 Å². The number of ether oxygens (including phenoxy) is 2. The number of amides is 1. The van der Waals surface area contributed by atoms with E-state index < -0.39 is 12.1 Å². The van der Waals surface area contributed by atoms with E-state index in [4.69, 9.17) is 9.47 Å². The molecule has 0 aliphatic carbocycles. The van der Waals surface area contributed by atoms with Gasteiger partial charge >= 0.3 is 5.97 Å². The molecule has 0 heterocycles. The van der Waals surface area contributed by atoms with Crippen molar-refractivity contribution in [3.63, 3.8) is 0 Å². The molecule has 4 aromatic carbocycles. The van der Waals surface area contributed by atoms with Gasteiger partial charge in [-0.2, -0.15) is 5.10 Å².